The summed E-state index contributed by atoms with van der Waals surface area (Å²) in [5, 5.41) is 0. The van der Waals surface area contributed by atoms with Crippen molar-refractivity contribution in [1.82, 2.24) is 18.7 Å². The minimum absolute atomic E-state index is 0.135. The SMILES string of the molecule is CC(=O)N1CCn2c1nc1c2c(=O)n(C(CCCC(C)C(C)(C)C)O[SiH](C)C)c(=O)n1C. The lowest BCUT2D eigenvalue weighted by Crippen LogP contribution is -2.43. The van der Waals surface area contributed by atoms with Crippen LogP contribution >= 0.6 is 0 Å². The summed E-state index contributed by atoms with van der Waals surface area (Å²) in [6.45, 7) is 15.4. The Bertz CT molecular complexity index is 1120. The summed E-state index contributed by atoms with van der Waals surface area (Å²) in [5.74, 6) is 0.800. The average molecular weight is 464 g/mol. The summed E-state index contributed by atoms with van der Waals surface area (Å²) in [6.07, 6.45) is 1.87. The fourth-order valence-electron chi connectivity index (χ4n) is 4.20. The van der Waals surface area contributed by atoms with Gasteiger partial charge in [-0.1, -0.05) is 34.1 Å². The highest BCUT2D eigenvalue weighted by atomic mass is 28.3. The Balaban J connectivity index is 2.05. The van der Waals surface area contributed by atoms with E-state index in [1.807, 2.05) is 13.1 Å². The molecule has 0 bridgehead atoms. The highest BCUT2D eigenvalue weighted by Crippen LogP contribution is 2.31. The van der Waals surface area contributed by atoms with Crippen LogP contribution in [0, 0.1) is 11.3 Å². The van der Waals surface area contributed by atoms with E-state index in [1.54, 1.807) is 11.6 Å². The van der Waals surface area contributed by atoms with Crippen molar-refractivity contribution in [3.8, 4) is 0 Å². The molecule has 0 radical (unpaired) electrons. The van der Waals surface area contributed by atoms with E-state index in [9.17, 15) is 14.4 Å². The van der Waals surface area contributed by atoms with E-state index in [1.165, 1.54) is 21.0 Å². The highest BCUT2D eigenvalue weighted by Gasteiger charge is 2.31. The lowest BCUT2D eigenvalue weighted by molar-refractivity contribution is -0.116. The zero-order chi connectivity index (χ0) is 24.0. The molecular formula is C22H37N5O4Si. The maximum atomic E-state index is 13.6. The minimum Gasteiger partial charge on any atom is -0.400 e. The molecular weight excluding hydrogens is 426 g/mol. The third-order valence-corrected chi connectivity index (χ3v) is 7.47. The van der Waals surface area contributed by atoms with Crippen molar-refractivity contribution < 1.29 is 9.22 Å². The van der Waals surface area contributed by atoms with Crippen molar-refractivity contribution in [3.63, 3.8) is 0 Å². The number of anilines is 1. The van der Waals surface area contributed by atoms with Crippen molar-refractivity contribution in [2.75, 3.05) is 11.4 Å². The van der Waals surface area contributed by atoms with Crippen LogP contribution in [0.2, 0.25) is 13.1 Å². The van der Waals surface area contributed by atoms with Gasteiger partial charge in [0.25, 0.3) is 5.56 Å². The van der Waals surface area contributed by atoms with Gasteiger partial charge in [0.2, 0.25) is 11.9 Å². The first-order chi connectivity index (χ1) is 14.8. The van der Waals surface area contributed by atoms with Gasteiger partial charge in [-0.05, 0) is 37.3 Å². The fourth-order valence-corrected chi connectivity index (χ4v) is 5.09. The molecule has 178 valence electrons. The number of hydrogen-bond donors (Lipinski definition) is 0. The lowest BCUT2D eigenvalue weighted by Gasteiger charge is -2.28. The van der Waals surface area contributed by atoms with E-state index in [2.05, 4.69) is 32.7 Å². The molecule has 0 fully saturated rings. The first kappa shape index (κ1) is 24.4. The number of aromatic nitrogens is 4. The fraction of sp³-hybridized carbons (Fsp3) is 0.727. The van der Waals surface area contributed by atoms with Gasteiger partial charge in [-0.2, -0.15) is 4.98 Å². The Morgan fingerprint density at radius 3 is 2.41 bits per heavy atom. The van der Waals surface area contributed by atoms with E-state index in [0.717, 1.165) is 12.8 Å². The third-order valence-electron chi connectivity index (χ3n) is 6.61. The number of aryl methyl sites for hydroxylation is 1. The summed E-state index contributed by atoms with van der Waals surface area (Å²) in [7, 11) is 0.0911. The molecule has 9 nitrogen and oxygen atoms in total. The maximum absolute atomic E-state index is 13.6. The van der Waals surface area contributed by atoms with Crippen molar-refractivity contribution in [3.05, 3.63) is 20.8 Å². The smallest absolute Gasteiger partial charge is 0.334 e. The van der Waals surface area contributed by atoms with Crippen LogP contribution in [0.3, 0.4) is 0 Å². The normalized spacial score (nSPS) is 16.1. The van der Waals surface area contributed by atoms with Gasteiger partial charge in [0, 0.05) is 27.1 Å². The Morgan fingerprint density at radius 2 is 1.84 bits per heavy atom. The molecule has 0 saturated heterocycles. The molecule has 0 aromatic carbocycles. The van der Waals surface area contributed by atoms with E-state index in [0.29, 0.717) is 42.5 Å². The maximum Gasteiger partial charge on any atom is 0.334 e. The van der Waals surface area contributed by atoms with Crippen molar-refractivity contribution in [1.29, 1.82) is 0 Å². The van der Waals surface area contributed by atoms with Gasteiger partial charge in [-0.15, -0.1) is 0 Å². The molecule has 0 N–H and O–H groups in total. The number of carbonyl (C=O) groups excluding carboxylic acids is 1. The molecule has 3 rings (SSSR count). The van der Waals surface area contributed by atoms with Gasteiger partial charge in [-0.3, -0.25) is 19.1 Å². The van der Waals surface area contributed by atoms with Gasteiger partial charge in [0.1, 0.15) is 6.23 Å². The summed E-state index contributed by atoms with van der Waals surface area (Å²) >= 11 is 0. The number of hydrogen-bond acceptors (Lipinski definition) is 5. The van der Waals surface area contributed by atoms with E-state index in [-0.39, 0.29) is 11.3 Å². The molecule has 2 aromatic heterocycles. The Morgan fingerprint density at radius 1 is 1.19 bits per heavy atom. The predicted octanol–water partition coefficient (Wildman–Crippen LogP) is 2.61. The number of rotatable bonds is 7. The van der Waals surface area contributed by atoms with Crippen LogP contribution in [-0.4, -0.2) is 40.2 Å². The second-order valence-electron chi connectivity index (χ2n) is 10.3. The molecule has 10 heteroatoms. The van der Waals surface area contributed by atoms with Crippen LogP contribution in [-0.2, 0) is 22.8 Å². The minimum atomic E-state index is -1.53. The molecule has 2 atom stereocenters. The van der Waals surface area contributed by atoms with E-state index in [4.69, 9.17) is 4.43 Å². The Labute approximate surface area is 190 Å². The van der Waals surface area contributed by atoms with E-state index >= 15 is 0 Å². The molecule has 3 heterocycles. The number of imidazole rings is 1. The molecule has 2 unspecified atom stereocenters. The number of fused-ring (bicyclic) bond motifs is 3. The van der Waals surface area contributed by atoms with Crippen LogP contribution < -0.4 is 16.1 Å². The molecule has 0 aliphatic carbocycles. The first-order valence-electron chi connectivity index (χ1n) is 11.5. The van der Waals surface area contributed by atoms with E-state index < -0.39 is 26.5 Å². The first-order valence-corrected chi connectivity index (χ1v) is 14.3. The largest absolute Gasteiger partial charge is 0.400 e. The quantitative estimate of drug-likeness (QED) is 0.589. The van der Waals surface area contributed by atoms with Crippen LogP contribution in [0.1, 0.15) is 60.1 Å². The molecule has 0 saturated carbocycles. The highest BCUT2D eigenvalue weighted by molar-refractivity contribution is 6.48. The zero-order valence-electron chi connectivity index (χ0n) is 20.6. The standard InChI is InChI=1S/C22H37N5O4Si/c1-14(22(3,4)5)10-9-11-16(31-32(7)8)27-19(29)17-18(24(6)21(27)30)23-20-25(15(2)28)12-13-26(17)20/h14,16,32H,9-13H2,1-8H3. The number of amides is 1. The van der Waals surface area contributed by atoms with Crippen molar-refractivity contribution in [2.45, 2.75) is 79.7 Å². The van der Waals surface area contributed by atoms with Crippen LogP contribution in [0.5, 0.6) is 0 Å². The van der Waals surface area contributed by atoms with Gasteiger partial charge in [0.05, 0.1) is 0 Å². The Hall–Kier alpha value is -2.20. The topological polar surface area (TPSA) is 91.4 Å². The monoisotopic (exact) mass is 463 g/mol. The summed E-state index contributed by atoms with van der Waals surface area (Å²) in [4.78, 5) is 44.8. The average Bonchev–Trinajstić information content (AvgIpc) is 3.24. The molecule has 1 aliphatic heterocycles. The Kier molecular flexibility index (Phi) is 6.85. The molecule has 2 aromatic rings. The third kappa shape index (κ3) is 4.47. The van der Waals surface area contributed by atoms with Gasteiger partial charge in [-0.25, -0.2) is 9.36 Å². The summed E-state index contributed by atoms with van der Waals surface area (Å²) in [6, 6.07) is 0. The van der Waals surface area contributed by atoms with Gasteiger partial charge >= 0.3 is 5.69 Å². The lowest BCUT2D eigenvalue weighted by atomic mass is 9.79. The number of nitrogens with zero attached hydrogens (tertiary/aromatic N) is 5. The number of carbonyl (C=O) groups is 1. The second kappa shape index (κ2) is 8.97. The van der Waals surface area contributed by atoms with Crippen LogP contribution in [0.25, 0.3) is 11.2 Å². The molecule has 32 heavy (non-hydrogen) atoms. The summed E-state index contributed by atoms with van der Waals surface area (Å²) in [5.41, 5.74) is 0.0374. The molecule has 1 amide bonds. The predicted molar refractivity (Wildman–Crippen MR) is 129 cm³/mol. The van der Waals surface area contributed by atoms with Crippen molar-refractivity contribution >= 4 is 32.1 Å². The zero-order valence-corrected chi connectivity index (χ0v) is 21.8. The van der Waals surface area contributed by atoms with Gasteiger partial charge in [0.15, 0.2) is 20.2 Å². The van der Waals surface area contributed by atoms with Crippen molar-refractivity contribution in [2.24, 2.45) is 18.4 Å². The molecule has 1 aliphatic rings. The summed E-state index contributed by atoms with van der Waals surface area (Å²) < 4.78 is 10.6. The second-order valence-corrected chi connectivity index (χ2v) is 12.6. The molecule has 0 spiro atoms. The van der Waals surface area contributed by atoms with Crippen LogP contribution in [0.15, 0.2) is 9.59 Å². The van der Waals surface area contributed by atoms with Crippen LogP contribution in [0.4, 0.5) is 5.95 Å². The van der Waals surface area contributed by atoms with Gasteiger partial charge < -0.3 is 8.99 Å².